The van der Waals surface area contributed by atoms with E-state index in [9.17, 15) is 0 Å². The third kappa shape index (κ3) is 2.05. The molecular weight excluding hydrogens is 260 g/mol. The van der Waals surface area contributed by atoms with Crippen molar-refractivity contribution >= 4 is 5.69 Å². The van der Waals surface area contributed by atoms with Crippen molar-refractivity contribution in [2.24, 2.45) is 0 Å². The Morgan fingerprint density at radius 3 is 3.14 bits per heavy atom. The fraction of sp³-hybridized carbons (Fsp3) is 0.278. The Kier molecular flexibility index (Phi) is 2.82. The van der Waals surface area contributed by atoms with E-state index >= 15 is 0 Å². The summed E-state index contributed by atoms with van der Waals surface area (Å²) in [4.78, 5) is 4.44. The number of benzene rings is 1. The molecule has 1 N–H and O–H groups in total. The van der Waals surface area contributed by atoms with Gasteiger partial charge in [-0.2, -0.15) is 0 Å². The lowest BCUT2D eigenvalue weighted by molar-refractivity contribution is 0.0953. The second-order valence-corrected chi connectivity index (χ2v) is 5.95. The molecule has 1 unspecified atom stereocenters. The van der Waals surface area contributed by atoms with E-state index in [4.69, 9.17) is 4.74 Å². The maximum atomic E-state index is 5.73. The number of nitrogens with one attached hydrogen (secondary N) is 1. The maximum absolute atomic E-state index is 5.73. The molecule has 1 atom stereocenters. The van der Waals surface area contributed by atoms with Crippen LogP contribution in [-0.2, 0) is 17.8 Å². The van der Waals surface area contributed by atoms with Crippen LogP contribution in [0.5, 0.6) is 0 Å². The number of hydrogen-bond acceptors (Lipinski definition) is 3. The van der Waals surface area contributed by atoms with Gasteiger partial charge in [0, 0.05) is 41.7 Å². The SMILES string of the molecule is C=C1Cc2cc(-c3cncc4c3COCC4C)ccc2N1. The topological polar surface area (TPSA) is 34.1 Å². The minimum absolute atomic E-state index is 0.414. The molecule has 0 bridgehead atoms. The molecule has 0 radical (unpaired) electrons. The Morgan fingerprint density at radius 2 is 2.24 bits per heavy atom. The molecule has 106 valence electrons. The summed E-state index contributed by atoms with van der Waals surface area (Å²) in [6.07, 6.45) is 4.85. The predicted molar refractivity (Wildman–Crippen MR) is 84.2 cm³/mol. The molecule has 0 aliphatic carbocycles. The highest BCUT2D eigenvalue weighted by atomic mass is 16.5. The molecule has 4 rings (SSSR count). The molecule has 0 saturated carbocycles. The van der Waals surface area contributed by atoms with E-state index in [-0.39, 0.29) is 0 Å². The summed E-state index contributed by atoms with van der Waals surface area (Å²) >= 11 is 0. The van der Waals surface area contributed by atoms with Gasteiger partial charge < -0.3 is 10.1 Å². The average Bonchev–Trinajstić information content (AvgIpc) is 2.86. The van der Waals surface area contributed by atoms with E-state index in [2.05, 4.69) is 42.0 Å². The van der Waals surface area contributed by atoms with Crippen LogP contribution in [0.3, 0.4) is 0 Å². The van der Waals surface area contributed by atoms with Crippen molar-refractivity contribution in [3.63, 3.8) is 0 Å². The third-order valence-electron chi connectivity index (χ3n) is 4.37. The third-order valence-corrected chi connectivity index (χ3v) is 4.37. The molecule has 0 fully saturated rings. The summed E-state index contributed by atoms with van der Waals surface area (Å²) in [5.74, 6) is 0.414. The van der Waals surface area contributed by atoms with Gasteiger partial charge in [0.1, 0.15) is 0 Å². The highest BCUT2D eigenvalue weighted by molar-refractivity contribution is 5.74. The Labute approximate surface area is 124 Å². The second kappa shape index (κ2) is 4.71. The fourth-order valence-corrected chi connectivity index (χ4v) is 3.26. The van der Waals surface area contributed by atoms with Crippen molar-refractivity contribution < 1.29 is 4.74 Å². The fourth-order valence-electron chi connectivity index (χ4n) is 3.26. The zero-order chi connectivity index (χ0) is 14.4. The van der Waals surface area contributed by atoms with Gasteiger partial charge >= 0.3 is 0 Å². The van der Waals surface area contributed by atoms with Crippen LogP contribution in [-0.4, -0.2) is 11.6 Å². The van der Waals surface area contributed by atoms with Crippen LogP contribution >= 0.6 is 0 Å². The van der Waals surface area contributed by atoms with Gasteiger partial charge in [0.25, 0.3) is 0 Å². The molecule has 0 spiro atoms. The standard InChI is InChI=1S/C18H18N2O/c1-11-9-21-10-17-15(11)7-19-8-16(17)13-3-4-18-14(6-13)5-12(2)20-18/h3-4,6-8,11,20H,2,5,9-10H2,1H3. The lowest BCUT2D eigenvalue weighted by Gasteiger charge is -2.24. The monoisotopic (exact) mass is 278 g/mol. The Hall–Kier alpha value is -2.13. The van der Waals surface area contributed by atoms with E-state index < -0.39 is 0 Å². The molecule has 3 heteroatoms. The van der Waals surface area contributed by atoms with Crippen molar-refractivity contribution in [1.82, 2.24) is 4.98 Å². The smallest absolute Gasteiger partial charge is 0.0727 e. The lowest BCUT2D eigenvalue weighted by atomic mass is 9.90. The van der Waals surface area contributed by atoms with Crippen molar-refractivity contribution in [3.8, 4) is 11.1 Å². The van der Waals surface area contributed by atoms with Crippen LogP contribution < -0.4 is 5.32 Å². The molecule has 3 nitrogen and oxygen atoms in total. The van der Waals surface area contributed by atoms with Crippen LogP contribution in [0.2, 0.25) is 0 Å². The van der Waals surface area contributed by atoms with E-state index in [0.29, 0.717) is 12.5 Å². The van der Waals surface area contributed by atoms with Crippen molar-refractivity contribution in [1.29, 1.82) is 0 Å². The van der Waals surface area contributed by atoms with Gasteiger partial charge in [0.05, 0.1) is 13.2 Å². The van der Waals surface area contributed by atoms with Gasteiger partial charge in [-0.05, 0) is 34.4 Å². The van der Waals surface area contributed by atoms with Crippen molar-refractivity contribution in [2.45, 2.75) is 25.9 Å². The molecule has 0 amide bonds. The first-order valence-electron chi connectivity index (χ1n) is 7.35. The number of ether oxygens (including phenoxy) is 1. The summed E-state index contributed by atoms with van der Waals surface area (Å²) in [6, 6.07) is 6.54. The minimum Gasteiger partial charge on any atom is -0.376 e. The van der Waals surface area contributed by atoms with Crippen LogP contribution in [0, 0.1) is 0 Å². The molecule has 21 heavy (non-hydrogen) atoms. The van der Waals surface area contributed by atoms with E-state index in [1.54, 1.807) is 0 Å². The number of anilines is 1. The summed E-state index contributed by atoms with van der Waals surface area (Å²) in [6.45, 7) is 7.67. The summed E-state index contributed by atoms with van der Waals surface area (Å²) < 4.78 is 5.73. The highest BCUT2D eigenvalue weighted by Crippen LogP contribution is 2.36. The molecule has 1 aromatic heterocycles. The normalized spacial score (nSPS) is 19.9. The quantitative estimate of drug-likeness (QED) is 0.860. The molecule has 3 heterocycles. The first-order valence-corrected chi connectivity index (χ1v) is 7.35. The number of allylic oxidation sites excluding steroid dienone is 1. The first-order chi connectivity index (χ1) is 10.2. The largest absolute Gasteiger partial charge is 0.376 e. The first kappa shape index (κ1) is 12.6. The molecule has 0 saturated heterocycles. The molecule has 2 aliphatic rings. The number of aromatic nitrogens is 1. The average molecular weight is 278 g/mol. The predicted octanol–water partition coefficient (Wildman–Crippen LogP) is 3.86. The molecular formula is C18H18N2O. The summed E-state index contributed by atoms with van der Waals surface area (Å²) in [7, 11) is 0. The van der Waals surface area contributed by atoms with Crippen LogP contribution in [0.15, 0.2) is 42.9 Å². The van der Waals surface area contributed by atoms with E-state index in [0.717, 1.165) is 18.7 Å². The van der Waals surface area contributed by atoms with Gasteiger partial charge in [-0.3, -0.25) is 4.98 Å². The van der Waals surface area contributed by atoms with Gasteiger partial charge in [0.2, 0.25) is 0 Å². The number of hydrogen-bond donors (Lipinski definition) is 1. The zero-order valence-electron chi connectivity index (χ0n) is 12.1. The second-order valence-electron chi connectivity index (χ2n) is 5.95. The van der Waals surface area contributed by atoms with Gasteiger partial charge in [-0.15, -0.1) is 0 Å². The van der Waals surface area contributed by atoms with E-state index in [1.165, 1.54) is 33.5 Å². The van der Waals surface area contributed by atoms with Gasteiger partial charge in [0.15, 0.2) is 0 Å². The molecule has 1 aromatic carbocycles. The van der Waals surface area contributed by atoms with Crippen LogP contribution in [0.1, 0.15) is 29.5 Å². The Balaban J connectivity index is 1.83. The zero-order valence-corrected chi connectivity index (χ0v) is 12.1. The van der Waals surface area contributed by atoms with Crippen molar-refractivity contribution in [3.05, 3.63) is 59.6 Å². The number of fused-ring (bicyclic) bond motifs is 2. The Morgan fingerprint density at radius 1 is 1.33 bits per heavy atom. The summed E-state index contributed by atoms with van der Waals surface area (Å²) in [5, 5.41) is 3.31. The minimum atomic E-state index is 0.414. The molecule has 2 aliphatic heterocycles. The Bertz CT molecular complexity index is 736. The number of nitrogens with zero attached hydrogens (tertiary/aromatic N) is 1. The highest BCUT2D eigenvalue weighted by Gasteiger charge is 2.21. The molecule has 2 aromatic rings. The van der Waals surface area contributed by atoms with Gasteiger partial charge in [-0.25, -0.2) is 0 Å². The van der Waals surface area contributed by atoms with Crippen molar-refractivity contribution in [2.75, 3.05) is 11.9 Å². The maximum Gasteiger partial charge on any atom is 0.0727 e. The van der Waals surface area contributed by atoms with Crippen LogP contribution in [0.4, 0.5) is 5.69 Å². The van der Waals surface area contributed by atoms with E-state index in [1.807, 2.05) is 12.4 Å². The lowest BCUT2D eigenvalue weighted by Crippen LogP contribution is -2.15. The van der Waals surface area contributed by atoms with Crippen LogP contribution in [0.25, 0.3) is 11.1 Å². The van der Waals surface area contributed by atoms with Gasteiger partial charge in [-0.1, -0.05) is 19.6 Å². The number of pyridine rings is 1. The summed E-state index contributed by atoms with van der Waals surface area (Å²) in [5.41, 5.74) is 8.56. The number of rotatable bonds is 1.